The lowest BCUT2D eigenvalue weighted by Gasteiger charge is -2.23. The van der Waals surface area contributed by atoms with Crippen LogP contribution in [0.15, 0.2) is 145 Å². The molecule has 1 aliphatic carbocycles. The topological polar surface area (TPSA) is 17.8 Å². The fourth-order valence-corrected chi connectivity index (χ4v) is 6.77. The molecule has 1 aliphatic rings. The number of benzene rings is 7. The summed E-state index contributed by atoms with van der Waals surface area (Å²) in [5.41, 5.74) is 4.37. The van der Waals surface area contributed by atoms with Gasteiger partial charge in [-0.2, -0.15) is 0 Å². The van der Waals surface area contributed by atoms with Crippen molar-refractivity contribution >= 4 is 32.6 Å². The second-order valence-electron chi connectivity index (χ2n) is 11.4. The number of fused-ring (bicyclic) bond motifs is 6. The second-order valence-corrected chi connectivity index (χ2v) is 11.4. The zero-order chi connectivity index (χ0) is 40.7. The predicted molar refractivity (Wildman–Crippen MR) is 185 cm³/mol. The first kappa shape index (κ1) is 15.3. The van der Waals surface area contributed by atoms with Gasteiger partial charge in [0, 0.05) is 16.7 Å². The highest BCUT2D eigenvalue weighted by Crippen LogP contribution is 2.51. The van der Waals surface area contributed by atoms with Crippen LogP contribution in [-0.4, -0.2) is 9.55 Å². The minimum absolute atomic E-state index is 0.0264. The maximum atomic E-state index is 9.46. The lowest BCUT2D eigenvalue weighted by molar-refractivity contribution is 0.660. The molecule has 0 radical (unpaired) electrons. The zero-order valence-electron chi connectivity index (χ0n) is 36.7. The van der Waals surface area contributed by atoms with Crippen LogP contribution >= 0.6 is 0 Å². The monoisotopic (exact) mass is 575 g/mol. The molecule has 0 spiro atoms. The van der Waals surface area contributed by atoms with Crippen molar-refractivity contribution in [2.75, 3.05) is 0 Å². The van der Waals surface area contributed by atoms with Crippen molar-refractivity contribution in [3.63, 3.8) is 0 Å². The number of para-hydroxylation sites is 3. The summed E-state index contributed by atoms with van der Waals surface area (Å²) in [6, 6.07) is 13.1. The van der Waals surface area contributed by atoms with Gasteiger partial charge in [-0.05, 0) is 85.2 Å². The van der Waals surface area contributed by atoms with E-state index in [1.54, 1.807) is 30.3 Å². The second kappa shape index (κ2) is 9.26. The number of rotatable bonds is 3. The largest absolute Gasteiger partial charge is 0.292 e. The van der Waals surface area contributed by atoms with Crippen molar-refractivity contribution in [2.45, 2.75) is 19.3 Å². The Morgan fingerprint density at radius 1 is 0.591 bits per heavy atom. The third-order valence-electron chi connectivity index (χ3n) is 8.74. The van der Waals surface area contributed by atoms with Crippen LogP contribution in [0.25, 0.3) is 71.9 Å². The summed E-state index contributed by atoms with van der Waals surface area (Å²) in [6.07, 6.45) is 0. The Hall–Kier alpha value is -5.47. The first-order valence-electron chi connectivity index (χ1n) is 20.8. The summed E-state index contributed by atoms with van der Waals surface area (Å²) in [5.74, 6) is -0.142. The number of nitrogens with zero attached hydrogens (tertiary/aromatic N) is 2. The van der Waals surface area contributed by atoms with Gasteiger partial charge < -0.3 is 0 Å². The molecule has 0 amide bonds. The van der Waals surface area contributed by atoms with E-state index >= 15 is 0 Å². The molecule has 1 aromatic heterocycles. The van der Waals surface area contributed by atoms with Crippen molar-refractivity contribution in [1.29, 1.82) is 0 Å². The first-order chi connectivity index (χ1) is 27.0. The lowest BCUT2D eigenvalue weighted by Crippen LogP contribution is -2.14. The fraction of sp³-hybridized carbons (Fsp3) is 0.0714. The van der Waals surface area contributed by atoms with Crippen LogP contribution in [0.5, 0.6) is 0 Å². The molecule has 0 saturated heterocycles. The fourth-order valence-electron chi connectivity index (χ4n) is 6.77. The van der Waals surface area contributed by atoms with Gasteiger partial charge in [-0.3, -0.25) is 4.57 Å². The van der Waals surface area contributed by atoms with Crippen LogP contribution in [0.4, 0.5) is 0 Å². The number of aromatic nitrogens is 2. The van der Waals surface area contributed by atoms with Gasteiger partial charge in [0.05, 0.1) is 28.9 Å². The SMILES string of the molecule is [2H]c1c([2H])c([2H])c(-n2c(-c3c4c([2H])c([2H])c([2H])c([2H])c4c(-c4ccc5c(c4)C(C)(C)c4ccccc4-5)c4c([2H])c([2H])c([2H])c([2H])c34)nc3ccccc32)c([2H])c1[2H]. The highest BCUT2D eigenvalue weighted by Gasteiger charge is 2.35. The van der Waals surface area contributed by atoms with Crippen LogP contribution in [0.3, 0.4) is 0 Å². The number of imidazole rings is 1. The van der Waals surface area contributed by atoms with Crippen LogP contribution in [0.1, 0.15) is 42.8 Å². The number of hydrogen-bond donors (Lipinski definition) is 0. The van der Waals surface area contributed by atoms with E-state index in [-0.39, 0.29) is 44.2 Å². The standard InChI is InChI=1S/C42H30N2/c1-42(2)35-21-11-10-16-29(35)30-25-24-27(26-36(30)42)39-31-17-6-8-19-33(31)40(34-20-9-7-18-32(34)39)41-43-37-22-12-13-23-38(37)44(41)28-14-4-3-5-15-28/h3-26H,1-2H3/i3D,4D,5D,6D,7D,8D,9D,14D,15D,17D,18D,19D,20D. The van der Waals surface area contributed by atoms with Gasteiger partial charge in [0.25, 0.3) is 0 Å². The van der Waals surface area contributed by atoms with Crippen molar-refractivity contribution in [2.24, 2.45) is 0 Å². The molecule has 2 heteroatoms. The zero-order valence-corrected chi connectivity index (χ0v) is 23.7. The Balaban J connectivity index is 1.55. The molecule has 0 saturated carbocycles. The Bertz CT molecular complexity index is 3040. The van der Waals surface area contributed by atoms with Gasteiger partial charge in [-0.15, -0.1) is 0 Å². The molecule has 0 aliphatic heterocycles. The van der Waals surface area contributed by atoms with Crippen molar-refractivity contribution in [1.82, 2.24) is 9.55 Å². The Labute approximate surface area is 275 Å². The normalized spacial score (nSPS) is 17.5. The summed E-state index contributed by atoms with van der Waals surface area (Å²) >= 11 is 0. The van der Waals surface area contributed by atoms with E-state index < -0.39 is 84.0 Å². The van der Waals surface area contributed by atoms with Gasteiger partial charge >= 0.3 is 0 Å². The highest BCUT2D eigenvalue weighted by molar-refractivity contribution is 6.21. The van der Waals surface area contributed by atoms with Crippen molar-refractivity contribution in [3.05, 3.63) is 156 Å². The van der Waals surface area contributed by atoms with E-state index in [9.17, 15) is 5.48 Å². The van der Waals surface area contributed by atoms with Crippen LogP contribution in [0.2, 0.25) is 0 Å². The molecular formula is C42H30N2. The summed E-state index contributed by atoms with van der Waals surface area (Å²) in [4.78, 5) is 4.88. The Morgan fingerprint density at radius 2 is 1.18 bits per heavy atom. The van der Waals surface area contributed by atoms with E-state index in [2.05, 4.69) is 19.9 Å². The average Bonchev–Trinajstić information content (AvgIpc) is 3.69. The smallest absolute Gasteiger partial charge is 0.146 e. The van der Waals surface area contributed by atoms with Gasteiger partial charge in [-0.25, -0.2) is 4.98 Å². The molecule has 7 aromatic carbocycles. The maximum absolute atomic E-state index is 9.46. The molecule has 0 N–H and O–H groups in total. The van der Waals surface area contributed by atoms with E-state index in [0.717, 1.165) is 22.3 Å². The molecule has 9 rings (SSSR count). The maximum Gasteiger partial charge on any atom is 0.146 e. The predicted octanol–water partition coefficient (Wildman–Crippen LogP) is 11.0. The summed E-state index contributed by atoms with van der Waals surface area (Å²) in [5, 5.41) is -0.274. The van der Waals surface area contributed by atoms with Crippen molar-refractivity contribution < 1.29 is 17.8 Å². The minimum Gasteiger partial charge on any atom is -0.292 e. The van der Waals surface area contributed by atoms with E-state index in [1.165, 1.54) is 4.57 Å². The average molecular weight is 576 g/mol. The summed E-state index contributed by atoms with van der Waals surface area (Å²) in [7, 11) is 0. The Kier molecular flexibility index (Phi) is 3.22. The molecule has 0 atom stereocenters. The van der Waals surface area contributed by atoms with Gasteiger partial charge in [-0.1, -0.05) is 129 Å². The first-order valence-corrected chi connectivity index (χ1v) is 14.3. The van der Waals surface area contributed by atoms with Gasteiger partial charge in [0.1, 0.15) is 5.82 Å². The molecule has 0 unspecified atom stereocenters. The molecule has 1 heterocycles. The van der Waals surface area contributed by atoms with E-state index in [0.29, 0.717) is 16.6 Å². The van der Waals surface area contributed by atoms with Crippen molar-refractivity contribution in [3.8, 4) is 39.3 Å². The summed E-state index contributed by atoms with van der Waals surface area (Å²) in [6.45, 7) is 4.17. The van der Waals surface area contributed by atoms with Crippen LogP contribution < -0.4 is 0 Å². The van der Waals surface area contributed by atoms with E-state index in [4.69, 9.17) is 17.3 Å². The van der Waals surface area contributed by atoms with Gasteiger partial charge in [0.2, 0.25) is 0 Å². The van der Waals surface area contributed by atoms with Crippen LogP contribution in [-0.2, 0) is 5.41 Å². The molecule has 8 aromatic rings. The van der Waals surface area contributed by atoms with Crippen LogP contribution in [0, 0.1) is 0 Å². The minimum atomic E-state index is -0.621. The van der Waals surface area contributed by atoms with Gasteiger partial charge in [0.15, 0.2) is 0 Å². The van der Waals surface area contributed by atoms with E-state index in [1.807, 2.05) is 30.3 Å². The molecule has 44 heavy (non-hydrogen) atoms. The summed E-state index contributed by atoms with van der Waals surface area (Å²) < 4.78 is 118. The Morgan fingerprint density at radius 3 is 1.91 bits per heavy atom. The molecule has 208 valence electrons. The quantitative estimate of drug-likeness (QED) is 0.192. The third-order valence-corrected chi connectivity index (χ3v) is 8.74. The highest BCUT2D eigenvalue weighted by atomic mass is 15.1. The third kappa shape index (κ3) is 3.46. The molecule has 0 fully saturated rings. The molecule has 0 bridgehead atoms. The molecular weight excluding hydrogens is 532 g/mol. The lowest BCUT2D eigenvalue weighted by atomic mass is 9.80. The molecule has 2 nitrogen and oxygen atoms in total. The number of hydrogen-bond acceptors (Lipinski definition) is 1.